The van der Waals surface area contributed by atoms with Crippen LogP contribution in [0.1, 0.15) is 20.3 Å². The summed E-state index contributed by atoms with van der Waals surface area (Å²) >= 11 is 0. The Bertz CT molecular complexity index is 442. The predicted molar refractivity (Wildman–Crippen MR) is 68.1 cm³/mol. The van der Waals surface area contributed by atoms with Crippen LogP contribution in [0.25, 0.3) is 0 Å². The number of hydrogen-bond donors (Lipinski definition) is 1. The number of piperidine rings is 1. The maximum Gasteiger partial charge on any atom is 0.293 e. The summed E-state index contributed by atoms with van der Waals surface area (Å²) < 4.78 is 1.67. The van der Waals surface area contributed by atoms with Crippen molar-refractivity contribution in [2.45, 2.75) is 32.9 Å². The van der Waals surface area contributed by atoms with Crippen LogP contribution in [-0.4, -0.2) is 28.7 Å². The van der Waals surface area contributed by atoms with Crippen LogP contribution in [0.15, 0.2) is 17.2 Å². The highest BCUT2D eigenvalue weighted by molar-refractivity contribution is 5.36. The lowest BCUT2D eigenvalue weighted by Gasteiger charge is -2.35. The first-order valence-corrected chi connectivity index (χ1v) is 6.19. The second-order valence-corrected chi connectivity index (χ2v) is 4.72. The molecular weight excluding hydrogens is 216 g/mol. The van der Waals surface area contributed by atoms with Gasteiger partial charge in [0.15, 0.2) is 5.82 Å². The van der Waals surface area contributed by atoms with Gasteiger partial charge in [-0.3, -0.25) is 4.79 Å². The fourth-order valence-electron chi connectivity index (χ4n) is 2.19. The van der Waals surface area contributed by atoms with Gasteiger partial charge in [0.1, 0.15) is 0 Å². The molecule has 0 aromatic carbocycles. The summed E-state index contributed by atoms with van der Waals surface area (Å²) in [6, 6.07) is 0.125. The molecule has 0 radical (unpaired) electrons. The summed E-state index contributed by atoms with van der Waals surface area (Å²) in [7, 11) is 0. The zero-order valence-corrected chi connectivity index (χ0v) is 10.5. The lowest BCUT2D eigenvalue weighted by Crippen LogP contribution is -2.49. The summed E-state index contributed by atoms with van der Waals surface area (Å²) in [6.07, 6.45) is 4.42. The Balaban J connectivity index is 2.26. The fourth-order valence-corrected chi connectivity index (χ4v) is 2.19. The molecule has 1 aromatic rings. The number of aromatic nitrogens is 2. The van der Waals surface area contributed by atoms with Crippen molar-refractivity contribution in [3.8, 4) is 0 Å². The summed E-state index contributed by atoms with van der Waals surface area (Å²) in [5, 5.41) is 0. The van der Waals surface area contributed by atoms with E-state index in [0.717, 1.165) is 19.5 Å². The van der Waals surface area contributed by atoms with Gasteiger partial charge in [-0.05, 0) is 19.3 Å². The molecule has 17 heavy (non-hydrogen) atoms. The van der Waals surface area contributed by atoms with Crippen LogP contribution in [-0.2, 0) is 6.54 Å². The van der Waals surface area contributed by atoms with Gasteiger partial charge in [-0.25, -0.2) is 4.98 Å². The van der Waals surface area contributed by atoms with E-state index in [1.807, 2.05) is 11.8 Å². The first kappa shape index (κ1) is 12.1. The average Bonchev–Trinajstić information content (AvgIpc) is 2.33. The predicted octanol–water partition coefficient (Wildman–Crippen LogP) is 0.437. The van der Waals surface area contributed by atoms with Crippen LogP contribution in [0.5, 0.6) is 0 Å². The van der Waals surface area contributed by atoms with E-state index in [0.29, 0.717) is 18.3 Å². The molecular formula is C12H20N4O. The van der Waals surface area contributed by atoms with Crippen LogP contribution < -0.4 is 16.2 Å². The van der Waals surface area contributed by atoms with Crippen molar-refractivity contribution in [3.05, 3.63) is 22.7 Å². The molecule has 1 saturated heterocycles. The monoisotopic (exact) mass is 236 g/mol. The summed E-state index contributed by atoms with van der Waals surface area (Å²) in [5.41, 5.74) is 6.03. The number of rotatable bonds is 2. The highest BCUT2D eigenvalue weighted by atomic mass is 16.1. The molecule has 1 aliphatic heterocycles. The van der Waals surface area contributed by atoms with Crippen molar-refractivity contribution in [2.75, 3.05) is 18.0 Å². The van der Waals surface area contributed by atoms with E-state index in [4.69, 9.17) is 5.73 Å². The van der Waals surface area contributed by atoms with Crippen LogP contribution in [0.2, 0.25) is 0 Å². The van der Waals surface area contributed by atoms with Gasteiger partial charge in [-0.15, -0.1) is 0 Å². The molecule has 1 aliphatic rings. The van der Waals surface area contributed by atoms with Gasteiger partial charge in [0, 0.05) is 38.1 Å². The van der Waals surface area contributed by atoms with Crippen LogP contribution >= 0.6 is 0 Å². The van der Waals surface area contributed by atoms with E-state index in [9.17, 15) is 4.79 Å². The molecule has 1 aromatic heterocycles. The molecule has 5 heteroatoms. The van der Waals surface area contributed by atoms with E-state index in [1.54, 1.807) is 17.0 Å². The van der Waals surface area contributed by atoms with Gasteiger partial charge in [-0.1, -0.05) is 6.92 Å². The molecule has 2 heterocycles. The average molecular weight is 236 g/mol. The highest BCUT2D eigenvalue weighted by Crippen LogP contribution is 2.18. The van der Waals surface area contributed by atoms with Gasteiger partial charge in [0.25, 0.3) is 5.56 Å². The van der Waals surface area contributed by atoms with Crippen LogP contribution in [0.3, 0.4) is 0 Å². The summed E-state index contributed by atoms with van der Waals surface area (Å²) in [6.45, 7) is 6.37. The van der Waals surface area contributed by atoms with Crippen molar-refractivity contribution in [1.29, 1.82) is 0 Å². The van der Waals surface area contributed by atoms with Crippen LogP contribution in [0, 0.1) is 5.92 Å². The lowest BCUT2D eigenvalue weighted by molar-refractivity contribution is 0.377. The second-order valence-electron chi connectivity index (χ2n) is 4.72. The SMILES string of the molecule is CCn1ccnc(N2CCC(C)C(N)C2)c1=O. The molecule has 2 unspecified atom stereocenters. The van der Waals surface area contributed by atoms with Crippen molar-refractivity contribution in [2.24, 2.45) is 11.7 Å². The zero-order valence-electron chi connectivity index (χ0n) is 10.5. The molecule has 0 bridgehead atoms. The molecule has 0 aliphatic carbocycles. The standard InChI is InChI=1S/C12H20N4O/c1-3-15-7-5-14-11(12(15)17)16-6-4-9(2)10(13)8-16/h5,7,9-10H,3-4,6,8,13H2,1-2H3. The maximum absolute atomic E-state index is 12.1. The molecule has 2 rings (SSSR count). The first-order chi connectivity index (χ1) is 8.13. The second kappa shape index (κ2) is 4.87. The largest absolute Gasteiger partial charge is 0.350 e. The van der Waals surface area contributed by atoms with E-state index >= 15 is 0 Å². The molecule has 2 N–H and O–H groups in total. The van der Waals surface area contributed by atoms with E-state index in [-0.39, 0.29) is 11.6 Å². The Morgan fingerprint density at radius 3 is 3.00 bits per heavy atom. The van der Waals surface area contributed by atoms with Crippen LogP contribution in [0.4, 0.5) is 5.82 Å². The third kappa shape index (κ3) is 2.34. The Labute approximate surface area is 101 Å². The third-order valence-corrected chi connectivity index (χ3v) is 3.55. The van der Waals surface area contributed by atoms with E-state index in [2.05, 4.69) is 11.9 Å². The minimum absolute atomic E-state index is 0.0169. The van der Waals surface area contributed by atoms with Crippen molar-refractivity contribution in [3.63, 3.8) is 0 Å². The number of hydrogen-bond acceptors (Lipinski definition) is 4. The molecule has 2 atom stereocenters. The first-order valence-electron chi connectivity index (χ1n) is 6.19. The number of nitrogens with zero attached hydrogens (tertiary/aromatic N) is 3. The Hall–Kier alpha value is -1.36. The lowest BCUT2D eigenvalue weighted by atomic mass is 9.94. The molecule has 5 nitrogen and oxygen atoms in total. The number of nitrogens with two attached hydrogens (primary N) is 1. The summed E-state index contributed by atoms with van der Waals surface area (Å²) in [5.74, 6) is 1.06. The molecule has 0 saturated carbocycles. The Morgan fingerprint density at radius 2 is 2.35 bits per heavy atom. The number of anilines is 1. The van der Waals surface area contributed by atoms with Gasteiger partial charge in [-0.2, -0.15) is 0 Å². The van der Waals surface area contributed by atoms with Crippen molar-refractivity contribution in [1.82, 2.24) is 9.55 Å². The zero-order chi connectivity index (χ0) is 12.4. The quantitative estimate of drug-likeness (QED) is 0.809. The third-order valence-electron chi connectivity index (χ3n) is 3.55. The molecule has 1 fully saturated rings. The Kier molecular flexibility index (Phi) is 3.47. The molecule has 0 amide bonds. The molecule has 0 spiro atoms. The summed E-state index contributed by atoms with van der Waals surface area (Å²) in [4.78, 5) is 18.3. The fraction of sp³-hybridized carbons (Fsp3) is 0.667. The van der Waals surface area contributed by atoms with Gasteiger partial charge >= 0.3 is 0 Å². The Morgan fingerprint density at radius 1 is 1.59 bits per heavy atom. The smallest absolute Gasteiger partial charge is 0.293 e. The number of aryl methyl sites for hydroxylation is 1. The van der Waals surface area contributed by atoms with Gasteiger partial charge in [0.05, 0.1) is 0 Å². The van der Waals surface area contributed by atoms with E-state index < -0.39 is 0 Å². The van der Waals surface area contributed by atoms with E-state index in [1.165, 1.54) is 0 Å². The topological polar surface area (TPSA) is 64.2 Å². The van der Waals surface area contributed by atoms with Gasteiger partial charge < -0.3 is 15.2 Å². The van der Waals surface area contributed by atoms with Crippen molar-refractivity contribution < 1.29 is 0 Å². The minimum Gasteiger partial charge on any atom is -0.350 e. The highest BCUT2D eigenvalue weighted by Gasteiger charge is 2.25. The normalized spacial score (nSPS) is 25.0. The maximum atomic E-state index is 12.1. The van der Waals surface area contributed by atoms with Gasteiger partial charge in [0.2, 0.25) is 0 Å². The molecule has 94 valence electrons. The minimum atomic E-state index is -0.0169. The van der Waals surface area contributed by atoms with Crippen molar-refractivity contribution >= 4 is 5.82 Å².